The van der Waals surface area contributed by atoms with Gasteiger partial charge in [-0.25, -0.2) is 0 Å². The van der Waals surface area contributed by atoms with Crippen LogP contribution in [-0.4, -0.2) is 45.7 Å². The number of imide groups is 1. The number of benzene rings is 1. The number of amides is 4. The van der Waals surface area contributed by atoms with Crippen molar-refractivity contribution in [3.05, 3.63) is 65.0 Å². The van der Waals surface area contributed by atoms with Gasteiger partial charge in [0.1, 0.15) is 6.04 Å². The van der Waals surface area contributed by atoms with Crippen molar-refractivity contribution in [2.24, 2.45) is 0 Å². The van der Waals surface area contributed by atoms with Crippen molar-refractivity contribution >= 4 is 23.6 Å². The van der Waals surface area contributed by atoms with Crippen molar-refractivity contribution in [1.82, 2.24) is 20.5 Å². The number of carbonyl (C=O) groups excluding carboxylic acids is 4. The maximum absolute atomic E-state index is 13.5. The van der Waals surface area contributed by atoms with Gasteiger partial charge in [-0.3, -0.25) is 29.5 Å². The second-order valence-electron chi connectivity index (χ2n) is 7.50. The monoisotopic (exact) mass is 446 g/mol. The fraction of sp³-hybridized carbons (Fsp3) is 0.286. The summed E-state index contributed by atoms with van der Waals surface area (Å²) < 4.78 is 40.6. The highest BCUT2D eigenvalue weighted by Gasteiger charge is 2.43. The Kier molecular flexibility index (Phi) is 5.41. The van der Waals surface area contributed by atoms with Crippen LogP contribution in [0, 0.1) is 0 Å². The van der Waals surface area contributed by atoms with E-state index in [1.165, 1.54) is 35.5 Å². The molecule has 2 aliphatic heterocycles. The summed E-state index contributed by atoms with van der Waals surface area (Å²) in [5.74, 6) is -2.39. The predicted molar refractivity (Wildman–Crippen MR) is 103 cm³/mol. The van der Waals surface area contributed by atoms with Crippen molar-refractivity contribution < 1.29 is 32.3 Å². The van der Waals surface area contributed by atoms with Crippen LogP contribution in [0.5, 0.6) is 0 Å². The molecule has 166 valence electrons. The normalized spacial score (nSPS) is 19.4. The van der Waals surface area contributed by atoms with Gasteiger partial charge in [0.25, 0.3) is 11.8 Å². The zero-order valence-corrected chi connectivity index (χ0v) is 16.5. The van der Waals surface area contributed by atoms with Gasteiger partial charge in [0, 0.05) is 36.5 Å². The zero-order chi connectivity index (χ0) is 23.0. The Morgan fingerprint density at radius 1 is 1.16 bits per heavy atom. The number of rotatable bonds is 4. The van der Waals surface area contributed by atoms with E-state index in [1.54, 1.807) is 0 Å². The number of pyridine rings is 1. The first-order valence-electron chi connectivity index (χ1n) is 9.70. The molecule has 2 aliphatic rings. The van der Waals surface area contributed by atoms with Crippen LogP contribution in [0.2, 0.25) is 0 Å². The molecule has 2 aromatic rings. The number of piperidine rings is 1. The molecule has 1 fully saturated rings. The Hall–Kier alpha value is -3.76. The van der Waals surface area contributed by atoms with Gasteiger partial charge < -0.3 is 10.2 Å². The second-order valence-corrected chi connectivity index (χ2v) is 7.50. The SMILES string of the molecule is O=C1CCC(N2Cc3cc(C(=O)NC(c4ccncc4)C(F)(F)F)ccc3C2=O)C(=O)N1. The molecular formula is C21H17F3N4O4. The standard InChI is InChI=1S/C21H17F3N4O4/c22-21(23,24)17(11-5-7-25-8-6-11)27-18(30)12-1-2-14-13(9-12)10-28(20(14)32)15-3-4-16(29)26-19(15)31/h1-2,5-9,15,17H,3-4,10H2,(H,27,30)(H,26,29,31). The van der Waals surface area contributed by atoms with Crippen LogP contribution in [0.3, 0.4) is 0 Å². The topological polar surface area (TPSA) is 108 Å². The van der Waals surface area contributed by atoms with E-state index in [0.717, 1.165) is 12.1 Å². The first kappa shape index (κ1) is 21.5. The summed E-state index contributed by atoms with van der Waals surface area (Å²) >= 11 is 0. The van der Waals surface area contributed by atoms with Crippen molar-refractivity contribution in [2.45, 2.75) is 37.6 Å². The van der Waals surface area contributed by atoms with Gasteiger partial charge in [0.2, 0.25) is 11.8 Å². The summed E-state index contributed by atoms with van der Waals surface area (Å²) in [5.41, 5.74) is 0.457. The van der Waals surface area contributed by atoms with E-state index in [9.17, 15) is 32.3 Å². The van der Waals surface area contributed by atoms with Crippen LogP contribution in [0.15, 0.2) is 42.7 Å². The van der Waals surface area contributed by atoms with Gasteiger partial charge in [-0.1, -0.05) is 0 Å². The number of carbonyl (C=O) groups is 4. The number of hydrogen-bond donors (Lipinski definition) is 2. The van der Waals surface area contributed by atoms with Crippen molar-refractivity contribution in [1.29, 1.82) is 0 Å². The fourth-order valence-corrected chi connectivity index (χ4v) is 3.84. The quantitative estimate of drug-likeness (QED) is 0.698. The number of fused-ring (bicyclic) bond motifs is 1. The van der Waals surface area contributed by atoms with E-state index in [2.05, 4.69) is 10.3 Å². The molecule has 2 unspecified atom stereocenters. The van der Waals surface area contributed by atoms with E-state index in [4.69, 9.17) is 0 Å². The molecule has 0 spiro atoms. The molecule has 4 rings (SSSR count). The third-order valence-electron chi connectivity index (χ3n) is 5.43. The average molecular weight is 446 g/mol. The van der Waals surface area contributed by atoms with Crippen LogP contribution in [0.4, 0.5) is 13.2 Å². The number of nitrogens with zero attached hydrogens (tertiary/aromatic N) is 2. The van der Waals surface area contributed by atoms with Gasteiger partial charge >= 0.3 is 6.18 Å². The lowest BCUT2D eigenvalue weighted by atomic mass is 10.0. The fourth-order valence-electron chi connectivity index (χ4n) is 3.84. The molecule has 0 aliphatic carbocycles. The van der Waals surface area contributed by atoms with Crippen LogP contribution < -0.4 is 10.6 Å². The summed E-state index contributed by atoms with van der Waals surface area (Å²) in [7, 11) is 0. The Bertz CT molecular complexity index is 1100. The van der Waals surface area contributed by atoms with Crippen LogP contribution in [-0.2, 0) is 16.1 Å². The minimum atomic E-state index is -4.73. The third-order valence-corrected chi connectivity index (χ3v) is 5.43. The number of hydrogen-bond acceptors (Lipinski definition) is 5. The predicted octanol–water partition coefficient (Wildman–Crippen LogP) is 1.88. The summed E-state index contributed by atoms with van der Waals surface area (Å²) in [4.78, 5) is 53.7. The summed E-state index contributed by atoms with van der Waals surface area (Å²) in [6.07, 6.45) is -2.06. The maximum atomic E-state index is 13.5. The molecule has 1 aromatic carbocycles. The Balaban J connectivity index is 1.54. The third kappa shape index (κ3) is 4.05. The second kappa shape index (κ2) is 8.06. The minimum absolute atomic E-state index is 0.00855. The van der Waals surface area contributed by atoms with Crippen LogP contribution in [0.1, 0.15) is 50.7 Å². The van der Waals surface area contributed by atoms with Gasteiger partial charge in [0.15, 0.2) is 6.04 Å². The number of nitrogens with one attached hydrogen (secondary N) is 2. The van der Waals surface area contributed by atoms with E-state index in [1.807, 2.05) is 5.32 Å². The Morgan fingerprint density at radius 2 is 1.88 bits per heavy atom. The molecule has 11 heteroatoms. The highest BCUT2D eigenvalue weighted by Crippen LogP contribution is 2.33. The molecule has 2 N–H and O–H groups in total. The number of aromatic nitrogens is 1. The summed E-state index contributed by atoms with van der Waals surface area (Å²) in [6.45, 7) is 0.00855. The van der Waals surface area contributed by atoms with E-state index in [0.29, 0.717) is 5.56 Å². The first-order valence-corrected chi connectivity index (χ1v) is 9.70. The zero-order valence-electron chi connectivity index (χ0n) is 16.5. The molecule has 2 atom stereocenters. The van der Waals surface area contributed by atoms with Crippen molar-refractivity contribution in [2.75, 3.05) is 0 Å². The van der Waals surface area contributed by atoms with Crippen molar-refractivity contribution in [3.63, 3.8) is 0 Å². The van der Waals surface area contributed by atoms with Gasteiger partial charge in [-0.15, -0.1) is 0 Å². The average Bonchev–Trinajstić information content (AvgIpc) is 3.07. The molecule has 1 aromatic heterocycles. The van der Waals surface area contributed by atoms with E-state index < -0.39 is 41.9 Å². The lowest BCUT2D eigenvalue weighted by molar-refractivity contribution is -0.155. The molecule has 8 nitrogen and oxygen atoms in total. The molecule has 1 saturated heterocycles. The van der Waals surface area contributed by atoms with Crippen LogP contribution >= 0.6 is 0 Å². The first-order chi connectivity index (χ1) is 15.1. The highest BCUT2D eigenvalue weighted by molar-refractivity contribution is 6.06. The molecule has 32 heavy (non-hydrogen) atoms. The minimum Gasteiger partial charge on any atom is -0.337 e. The Labute approximate surface area is 179 Å². The van der Waals surface area contributed by atoms with Crippen LogP contribution in [0.25, 0.3) is 0 Å². The number of alkyl halides is 3. The highest BCUT2D eigenvalue weighted by atomic mass is 19.4. The molecule has 4 amide bonds. The summed E-state index contributed by atoms with van der Waals surface area (Å²) in [6, 6.07) is 3.23. The molecule has 0 bridgehead atoms. The lowest BCUT2D eigenvalue weighted by Gasteiger charge is -2.29. The van der Waals surface area contributed by atoms with E-state index in [-0.39, 0.29) is 36.1 Å². The summed E-state index contributed by atoms with van der Waals surface area (Å²) in [5, 5.41) is 4.17. The number of halogens is 3. The molecule has 0 saturated carbocycles. The maximum Gasteiger partial charge on any atom is 0.412 e. The van der Waals surface area contributed by atoms with Gasteiger partial charge in [0.05, 0.1) is 0 Å². The van der Waals surface area contributed by atoms with Gasteiger partial charge in [-0.05, 0) is 47.9 Å². The van der Waals surface area contributed by atoms with Crippen molar-refractivity contribution in [3.8, 4) is 0 Å². The van der Waals surface area contributed by atoms with E-state index >= 15 is 0 Å². The molecule has 0 radical (unpaired) electrons. The smallest absolute Gasteiger partial charge is 0.337 e. The molecular weight excluding hydrogens is 429 g/mol. The largest absolute Gasteiger partial charge is 0.412 e. The Morgan fingerprint density at radius 3 is 2.53 bits per heavy atom. The lowest BCUT2D eigenvalue weighted by Crippen LogP contribution is -2.52. The molecule has 3 heterocycles. The van der Waals surface area contributed by atoms with Gasteiger partial charge in [-0.2, -0.15) is 13.2 Å².